The lowest BCUT2D eigenvalue weighted by atomic mass is 10.1. The Kier molecular flexibility index (Phi) is 4.45. The number of benzene rings is 1. The van der Waals surface area contributed by atoms with E-state index in [4.69, 9.17) is 5.73 Å². The molecule has 22 heavy (non-hydrogen) atoms. The van der Waals surface area contributed by atoms with Gasteiger partial charge in [-0.3, -0.25) is 4.79 Å². The Morgan fingerprint density at radius 1 is 1.41 bits per heavy atom. The van der Waals surface area contributed by atoms with Gasteiger partial charge in [-0.15, -0.1) is 0 Å². The molecule has 2 rings (SSSR count). The van der Waals surface area contributed by atoms with E-state index < -0.39 is 17.6 Å². The Bertz CT molecular complexity index is 724. The van der Waals surface area contributed by atoms with Crippen LogP contribution in [0.3, 0.4) is 0 Å². The van der Waals surface area contributed by atoms with Gasteiger partial charge in [0.05, 0.1) is 17.5 Å². The van der Waals surface area contributed by atoms with Crippen LogP contribution >= 0.6 is 11.3 Å². The molecule has 0 saturated carbocycles. The fraction of sp³-hybridized carbons (Fsp3) is 0.154. The highest BCUT2D eigenvalue weighted by atomic mass is 32.1. The zero-order chi connectivity index (χ0) is 16.3. The van der Waals surface area contributed by atoms with Crippen LogP contribution in [-0.4, -0.2) is 17.1 Å². The Labute approximate surface area is 127 Å². The smallest absolute Gasteiger partial charge is 0.375 e. The predicted octanol–water partition coefficient (Wildman–Crippen LogP) is 2.82. The van der Waals surface area contributed by atoms with E-state index in [9.17, 15) is 18.0 Å². The van der Waals surface area contributed by atoms with Gasteiger partial charge in [-0.25, -0.2) is 10.4 Å². The van der Waals surface area contributed by atoms with Crippen LogP contribution in [-0.2, 0) is 6.18 Å². The number of hydrazone groups is 1. The fourth-order valence-corrected chi connectivity index (χ4v) is 2.43. The lowest BCUT2D eigenvalue weighted by Crippen LogP contribution is -2.18. The minimum Gasteiger partial charge on any atom is -0.375 e. The number of rotatable bonds is 3. The molecule has 0 spiro atoms. The number of thiazole rings is 1. The first-order valence-electron chi connectivity index (χ1n) is 6.01. The van der Waals surface area contributed by atoms with Crippen molar-refractivity contribution in [2.24, 2.45) is 5.10 Å². The van der Waals surface area contributed by atoms with Crippen LogP contribution in [0.25, 0.3) is 0 Å². The van der Waals surface area contributed by atoms with Gasteiger partial charge in [0.15, 0.2) is 5.13 Å². The number of nitrogens with one attached hydrogen (secondary N) is 1. The molecule has 0 atom stereocenters. The summed E-state index contributed by atoms with van der Waals surface area (Å²) in [6.07, 6.45) is -3.55. The number of anilines is 1. The van der Waals surface area contributed by atoms with Crippen molar-refractivity contribution in [1.82, 2.24) is 10.4 Å². The number of nitrogens with zero attached hydrogens (tertiary/aromatic N) is 2. The molecule has 5 nitrogen and oxygen atoms in total. The van der Waals surface area contributed by atoms with Crippen molar-refractivity contribution < 1.29 is 18.0 Å². The van der Waals surface area contributed by atoms with Crippen molar-refractivity contribution in [2.75, 3.05) is 5.73 Å². The summed E-state index contributed by atoms with van der Waals surface area (Å²) in [5, 5.41) is 3.79. The van der Waals surface area contributed by atoms with Crippen LogP contribution in [0.15, 0.2) is 29.4 Å². The van der Waals surface area contributed by atoms with E-state index in [1.165, 1.54) is 18.2 Å². The number of nitrogens with two attached hydrogens (primary N) is 1. The van der Waals surface area contributed by atoms with Crippen LogP contribution in [0.5, 0.6) is 0 Å². The molecule has 0 unspecified atom stereocenters. The van der Waals surface area contributed by atoms with Crippen LogP contribution in [0.1, 0.15) is 26.5 Å². The average molecular weight is 328 g/mol. The second-order valence-electron chi connectivity index (χ2n) is 4.25. The lowest BCUT2D eigenvalue weighted by molar-refractivity contribution is -0.137. The van der Waals surface area contributed by atoms with Gasteiger partial charge in [0, 0.05) is 5.56 Å². The van der Waals surface area contributed by atoms with Crippen LogP contribution in [0.4, 0.5) is 18.3 Å². The normalized spacial score (nSPS) is 11.8. The van der Waals surface area contributed by atoms with Crippen LogP contribution in [0.2, 0.25) is 0 Å². The molecule has 1 heterocycles. The number of amides is 1. The van der Waals surface area contributed by atoms with Crippen molar-refractivity contribution in [3.63, 3.8) is 0 Å². The number of carbonyl (C=O) groups excluding carboxylic acids is 1. The Morgan fingerprint density at radius 3 is 2.68 bits per heavy atom. The molecule has 0 aliphatic heterocycles. The fourth-order valence-electron chi connectivity index (χ4n) is 1.71. The summed E-state index contributed by atoms with van der Waals surface area (Å²) in [4.78, 5) is 16.0. The largest absolute Gasteiger partial charge is 0.417 e. The lowest BCUT2D eigenvalue weighted by Gasteiger charge is -2.09. The molecule has 1 aromatic carbocycles. The van der Waals surface area contributed by atoms with Gasteiger partial charge in [-0.1, -0.05) is 29.5 Å². The Balaban J connectivity index is 2.14. The molecule has 3 N–H and O–H groups in total. The SMILES string of the molecule is Cc1nc(N)sc1C(=O)N/N=C\c1ccccc1C(F)(F)F. The van der Waals surface area contributed by atoms with Crippen LogP contribution < -0.4 is 11.2 Å². The summed E-state index contributed by atoms with van der Waals surface area (Å²) >= 11 is 0.977. The molecule has 0 aliphatic carbocycles. The van der Waals surface area contributed by atoms with Gasteiger partial charge < -0.3 is 5.73 Å². The number of alkyl halides is 3. The van der Waals surface area contributed by atoms with E-state index in [1.54, 1.807) is 6.92 Å². The molecule has 0 saturated heterocycles. The Morgan fingerprint density at radius 2 is 2.09 bits per heavy atom. The minimum absolute atomic E-state index is 0.143. The first-order valence-corrected chi connectivity index (χ1v) is 6.83. The molecule has 0 aliphatic rings. The van der Waals surface area contributed by atoms with Gasteiger partial charge in [-0.2, -0.15) is 18.3 Å². The second-order valence-corrected chi connectivity index (χ2v) is 5.28. The maximum atomic E-state index is 12.8. The summed E-state index contributed by atoms with van der Waals surface area (Å²) in [7, 11) is 0. The third-order valence-electron chi connectivity index (χ3n) is 2.66. The van der Waals surface area contributed by atoms with Crippen molar-refractivity contribution in [3.8, 4) is 0 Å². The average Bonchev–Trinajstić information content (AvgIpc) is 2.77. The van der Waals surface area contributed by atoms with E-state index in [0.29, 0.717) is 5.69 Å². The molecule has 9 heteroatoms. The predicted molar refractivity (Wildman–Crippen MR) is 77.8 cm³/mol. The monoisotopic (exact) mass is 328 g/mol. The van der Waals surface area contributed by atoms with E-state index in [-0.39, 0.29) is 15.6 Å². The van der Waals surface area contributed by atoms with Crippen LogP contribution in [0, 0.1) is 6.92 Å². The zero-order valence-electron chi connectivity index (χ0n) is 11.3. The highest BCUT2D eigenvalue weighted by Crippen LogP contribution is 2.31. The summed E-state index contributed by atoms with van der Waals surface area (Å²) in [6.45, 7) is 1.60. The second kappa shape index (κ2) is 6.14. The van der Waals surface area contributed by atoms with Gasteiger partial charge in [-0.05, 0) is 13.0 Å². The molecule has 0 radical (unpaired) electrons. The number of hydrogen-bond acceptors (Lipinski definition) is 5. The van der Waals surface area contributed by atoms with Crippen molar-refractivity contribution in [2.45, 2.75) is 13.1 Å². The summed E-state index contributed by atoms with van der Waals surface area (Å²) in [5.74, 6) is -0.576. The highest BCUT2D eigenvalue weighted by molar-refractivity contribution is 7.17. The Hall–Kier alpha value is -2.42. The number of halogens is 3. The third kappa shape index (κ3) is 3.61. The molecule has 116 valence electrons. The molecular weight excluding hydrogens is 317 g/mol. The van der Waals surface area contributed by atoms with E-state index in [0.717, 1.165) is 23.6 Å². The summed E-state index contributed by atoms with van der Waals surface area (Å²) in [5.41, 5.74) is 7.09. The van der Waals surface area contributed by atoms with E-state index in [1.807, 2.05) is 0 Å². The zero-order valence-corrected chi connectivity index (χ0v) is 12.1. The number of carbonyl (C=O) groups is 1. The van der Waals surface area contributed by atoms with Gasteiger partial charge in [0.2, 0.25) is 0 Å². The quantitative estimate of drug-likeness (QED) is 0.671. The van der Waals surface area contributed by atoms with E-state index >= 15 is 0 Å². The number of aryl methyl sites for hydroxylation is 1. The molecule has 2 aromatic rings. The van der Waals surface area contributed by atoms with Crippen molar-refractivity contribution in [1.29, 1.82) is 0 Å². The molecule has 1 amide bonds. The molecule has 1 aromatic heterocycles. The molecular formula is C13H11F3N4OS. The van der Waals surface area contributed by atoms with Gasteiger partial charge >= 0.3 is 6.18 Å². The first-order chi connectivity index (χ1) is 10.3. The first kappa shape index (κ1) is 16.0. The van der Waals surface area contributed by atoms with Crippen molar-refractivity contribution in [3.05, 3.63) is 46.0 Å². The maximum Gasteiger partial charge on any atom is 0.417 e. The number of hydrogen-bond donors (Lipinski definition) is 2. The highest BCUT2D eigenvalue weighted by Gasteiger charge is 2.32. The summed E-state index contributed by atoms with van der Waals surface area (Å²) in [6, 6.07) is 4.93. The minimum atomic E-state index is -4.49. The molecule has 0 bridgehead atoms. The number of aromatic nitrogens is 1. The standard InChI is InChI=1S/C13H11F3N4OS/c1-7-10(22-12(17)19-7)11(21)20-18-6-8-4-2-3-5-9(8)13(14,15)16/h2-6H,1H3,(H2,17,19)(H,20,21)/b18-6-. The maximum absolute atomic E-state index is 12.8. The van der Waals surface area contributed by atoms with E-state index in [2.05, 4.69) is 15.5 Å². The van der Waals surface area contributed by atoms with Crippen molar-refractivity contribution >= 4 is 28.6 Å². The van der Waals surface area contributed by atoms with Gasteiger partial charge in [0.1, 0.15) is 4.88 Å². The number of nitrogen functional groups attached to an aromatic ring is 1. The third-order valence-corrected chi connectivity index (χ3v) is 3.64. The topological polar surface area (TPSA) is 80.4 Å². The summed E-state index contributed by atoms with van der Waals surface area (Å²) < 4.78 is 38.4. The molecule has 0 fully saturated rings. The van der Waals surface area contributed by atoms with Gasteiger partial charge in [0.25, 0.3) is 5.91 Å².